The van der Waals surface area contributed by atoms with Crippen molar-refractivity contribution in [1.82, 2.24) is 5.32 Å². The van der Waals surface area contributed by atoms with Gasteiger partial charge in [0.2, 0.25) is 0 Å². The van der Waals surface area contributed by atoms with Crippen molar-refractivity contribution in [3.05, 3.63) is 0 Å². The zero-order valence-electron chi connectivity index (χ0n) is 11.1. The highest BCUT2D eigenvalue weighted by Gasteiger charge is 2.10. The second kappa shape index (κ2) is 7.08. The Morgan fingerprint density at radius 1 is 0.733 bits per heavy atom. The lowest BCUT2D eigenvalue weighted by molar-refractivity contribution is 0.752. The summed E-state index contributed by atoms with van der Waals surface area (Å²) in [7, 11) is 0. The van der Waals surface area contributed by atoms with Gasteiger partial charge in [-0.05, 0) is 0 Å². The van der Waals surface area contributed by atoms with E-state index in [1.807, 2.05) is 23.5 Å². The van der Waals surface area contributed by atoms with Gasteiger partial charge in [-0.2, -0.15) is 23.5 Å². The summed E-state index contributed by atoms with van der Waals surface area (Å²) < 4.78 is 0.809. The van der Waals surface area contributed by atoms with E-state index in [1.165, 1.54) is 11.5 Å². The van der Waals surface area contributed by atoms with Gasteiger partial charge in [0.1, 0.15) is 0 Å². The predicted molar refractivity (Wildman–Crippen MR) is 77.3 cm³/mol. The smallest absolute Gasteiger partial charge is 0.00755 e. The number of hydrogen-bond donors (Lipinski definition) is 1. The molecule has 0 aromatic rings. The monoisotopic (exact) mass is 249 g/mol. The Balaban J connectivity index is 3.20. The summed E-state index contributed by atoms with van der Waals surface area (Å²) in [5.41, 5.74) is 0. The molecular formula is C12H27NS2. The molecule has 0 atom stereocenters. The van der Waals surface area contributed by atoms with E-state index in [0.29, 0.717) is 9.49 Å². The van der Waals surface area contributed by atoms with Crippen LogP contribution in [0.2, 0.25) is 0 Å². The highest BCUT2D eigenvalue weighted by molar-refractivity contribution is 8.00. The molecule has 0 aliphatic rings. The van der Waals surface area contributed by atoms with Crippen molar-refractivity contribution < 1.29 is 0 Å². The standard InChI is InChI=1S/C12H27NS2/c1-11(2,3)14-9-7-13-8-10-15-12(4,5)6/h13H,7-10H2,1-6H3. The van der Waals surface area contributed by atoms with E-state index in [9.17, 15) is 0 Å². The quantitative estimate of drug-likeness (QED) is 0.722. The van der Waals surface area contributed by atoms with Crippen molar-refractivity contribution in [2.24, 2.45) is 0 Å². The fourth-order valence-electron chi connectivity index (χ4n) is 0.984. The SMILES string of the molecule is CC(C)(C)SCCNCCSC(C)(C)C. The minimum absolute atomic E-state index is 0.405. The molecule has 0 saturated heterocycles. The zero-order valence-corrected chi connectivity index (χ0v) is 12.8. The van der Waals surface area contributed by atoms with E-state index in [4.69, 9.17) is 0 Å². The molecule has 0 bridgehead atoms. The first-order valence-corrected chi connectivity index (χ1v) is 7.66. The van der Waals surface area contributed by atoms with Gasteiger partial charge in [-0.25, -0.2) is 0 Å². The minimum atomic E-state index is 0.405. The molecule has 92 valence electrons. The molecular weight excluding hydrogens is 222 g/mol. The first-order valence-electron chi connectivity index (χ1n) is 5.69. The first kappa shape index (κ1) is 15.7. The van der Waals surface area contributed by atoms with Gasteiger partial charge in [-0.3, -0.25) is 0 Å². The molecule has 3 heteroatoms. The topological polar surface area (TPSA) is 12.0 Å². The molecule has 0 aliphatic carbocycles. The fraction of sp³-hybridized carbons (Fsp3) is 1.00. The van der Waals surface area contributed by atoms with Crippen LogP contribution >= 0.6 is 23.5 Å². The van der Waals surface area contributed by atoms with E-state index >= 15 is 0 Å². The van der Waals surface area contributed by atoms with Crippen molar-refractivity contribution in [3.8, 4) is 0 Å². The number of rotatable bonds is 6. The molecule has 0 aromatic heterocycles. The summed E-state index contributed by atoms with van der Waals surface area (Å²) in [6.07, 6.45) is 0. The van der Waals surface area contributed by atoms with Gasteiger partial charge < -0.3 is 5.32 Å². The lowest BCUT2D eigenvalue weighted by Gasteiger charge is -2.19. The van der Waals surface area contributed by atoms with Crippen LogP contribution in [0.15, 0.2) is 0 Å². The zero-order chi connectivity index (χ0) is 11.9. The molecule has 0 saturated carbocycles. The van der Waals surface area contributed by atoms with Crippen LogP contribution in [0.4, 0.5) is 0 Å². The molecule has 0 rings (SSSR count). The molecule has 1 N–H and O–H groups in total. The largest absolute Gasteiger partial charge is 0.315 e. The van der Waals surface area contributed by atoms with E-state index in [-0.39, 0.29) is 0 Å². The molecule has 1 nitrogen and oxygen atoms in total. The Labute approximate surface area is 105 Å². The highest BCUT2D eigenvalue weighted by atomic mass is 32.2. The van der Waals surface area contributed by atoms with Gasteiger partial charge in [-0.1, -0.05) is 41.5 Å². The molecule has 0 radical (unpaired) electrons. The summed E-state index contributed by atoms with van der Waals surface area (Å²) in [5.74, 6) is 2.42. The van der Waals surface area contributed by atoms with Crippen molar-refractivity contribution in [3.63, 3.8) is 0 Å². The predicted octanol–water partition coefficient (Wildman–Crippen LogP) is 3.64. The Kier molecular flexibility index (Phi) is 7.39. The van der Waals surface area contributed by atoms with E-state index in [1.54, 1.807) is 0 Å². The lowest BCUT2D eigenvalue weighted by Crippen LogP contribution is -2.23. The van der Waals surface area contributed by atoms with Crippen LogP contribution in [0.1, 0.15) is 41.5 Å². The summed E-state index contributed by atoms with van der Waals surface area (Å²) in [6, 6.07) is 0. The average molecular weight is 249 g/mol. The van der Waals surface area contributed by atoms with Gasteiger partial charge >= 0.3 is 0 Å². The summed E-state index contributed by atoms with van der Waals surface area (Å²) >= 11 is 4.06. The third-order valence-corrected chi connectivity index (χ3v) is 4.18. The minimum Gasteiger partial charge on any atom is -0.315 e. The normalized spacial score (nSPS) is 13.2. The highest BCUT2D eigenvalue weighted by Crippen LogP contribution is 2.23. The number of nitrogens with one attached hydrogen (secondary N) is 1. The van der Waals surface area contributed by atoms with Crippen LogP contribution < -0.4 is 5.32 Å². The van der Waals surface area contributed by atoms with Crippen LogP contribution in [-0.2, 0) is 0 Å². The van der Waals surface area contributed by atoms with Gasteiger partial charge in [0.25, 0.3) is 0 Å². The van der Waals surface area contributed by atoms with Gasteiger partial charge in [0, 0.05) is 34.1 Å². The second-order valence-electron chi connectivity index (χ2n) is 5.67. The van der Waals surface area contributed by atoms with E-state index in [2.05, 4.69) is 46.9 Å². The van der Waals surface area contributed by atoms with Crippen molar-refractivity contribution in [2.45, 2.75) is 51.0 Å². The maximum Gasteiger partial charge on any atom is 0.00755 e. The van der Waals surface area contributed by atoms with Crippen molar-refractivity contribution in [1.29, 1.82) is 0 Å². The summed E-state index contributed by atoms with van der Waals surface area (Å²) in [4.78, 5) is 0. The van der Waals surface area contributed by atoms with Crippen LogP contribution in [0, 0.1) is 0 Å². The van der Waals surface area contributed by atoms with E-state index in [0.717, 1.165) is 13.1 Å². The fourth-order valence-corrected chi connectivity index (χ4v) is 2.70. The lowest BCUT2D eigenvalue weighted by atomic mass is 10.3. The Bertz CT molecular complexity index is 138. The molecule has 0 heterocycles. The van der Waals surface area contributed by atoms with Crippen LogP contribution in [0.3, 0.4) is 0 Å². The molecule has 0 amide bonds. The van der Waals surface area contributed by atoms with Gasteiger partial charge in [0.15, 0.2) is 0 Å². The third-order valence-electron chi connectivity index (χ3n) is 1.63. The maximum absolute atomic E-state index is 3.49. The summed E-state index contributed by atoms with van der Waals surface area (Å²) in [6.45, 7) is 15.9. The van der Waals surface area contributed by atoms with Crippen LogP contribution in [0.5, 0.6) is 0 Å². The van der Waals surface area contributed by atoms with Crippen LogP contribution in [-0.4, -0.2) is 34.1 Å². The molecule has 0 fully saturated rings. The maximum atomic E-state index is 3.49. The molecule has 0 spiro atoms. The molecule has 0 aliphatic heterocycles. The number of hydrogen-bond acceptors (Lipinski definition) is 3. The Morgan fingerprint density at radius 2 is 1.07 bits per heavy atom. The van der Waals surface area contributed by atoms with Gasteiger partial charge in [-0.15, -0.1) is 0 Å². The number of thioether (sulfide) groups is 2. The molecule has 15 heavy (non-hydrogen) atoms. The van der Waals surface area contributed by atoms with Crippen LogP contribution in [0.25, 0.3) is 0 Å². The second-order valence-corrected chi connectivity index (χ2v) is 9.52. The Morgan fingerprint density at radius 3 is 1.33 bits per heavy atom. The molecule has 0 aromatic carbocycles. The molecule has 0 unspecified atom stereocenters. The van der Waals surface area contributed by atoms with Crippen molar-refractivity contribution >= 4 is 23.5 Å². The third kappa shape index (κ3) is 14.7. The Hall–Kier alpha value is 0.660. The van der Waals surface area contributed by atoms with Crippen molar-refractivity contribution in [2.75, 3.05) is 24.6 Å². The van der Waals surface area contributed by atoms with Gasteiger partial charge in [0.05, 0.1) is 0 Å². The first-order chi connectivity index (χ1) is 6.71. The van der Waals surface area contributed by atoms with E-state index < -0.39 is 0 Å². The summed E-state index contributed by atoms with van der Waals surface area (Å²) in [5, 5.41) is 3.49. The average Bonchev–Trinajstić information content (AvgIpc) is 1.98.